The minimum atomic E-state index is -1.98. The summed E-state index contributed by atoms with van der Waals surface area (Å²) >= 11 is 0. The molecular weight excluding hydrogens is 1250 g/mol. The highest BCUT2D eigenvalue weighted by molar-refractivity contribution is 5.76. The molecule has 3 aliphatic heterocycles. The van der Waals surface area contributed by atoms with Crippen molar-refractivity contribution in [2.75, 3.05) is 26.4 Å². The van der Waals surface area contributed by atoms with Crippen molar-refractivity contribution in [3.8, 4) is 0 Å². The standard InChI is InChI=1S/C79H139NO18/c1-3-5-7-9-11-13-15-17-19-21-22-23-24-25-26-27-28-29-30-31-32-33-34-35-36-37-38-39-40-41-43-45-47-49-51-53-55-57-67(85)80-62(63(84)56-54-52-50-48-46-44-42-20-18-16-14-12-10-8-6-4-2)61-93-77-73(91)70(88)75(65(59-82)95-77)98-79-74(92)71(89)76(66(60-83)96-79)97-78-72(90)69(87)68(86)64(58-81)94-78/h5,7,11,13,17,19,22-23,25-26,28-29,54,56,62-66,68-79,81-84,86-92H,3-4,6,8-10,12,14-16,18,20-21,24,27,30-53,55,57-61H2,1-2H3,(H,80,85)/b7-5-,13-11-,19-17-,23-22-,26-25-,29-28-,56-54+. The van der Waals surface area contributed by atoms with Gasteiger partial charge in [0.25, 0.3) is 0 Å². The predicted octanol–water partition coefficient (Wildman–Crippen LogP) is 12.2. The van der Waals surface area contributed by atoms with Crippen LogP contribution in [0, 0.1) is 0 Å². The number of hydrogen-bond acceptors (Lipinski definition) is 18. The molecule has 3 heterocycles. The molecule has 0 spiro atoms. The van der Waals surface area contributed by atoms with Crippen LogP contribution in [0.3, 0.4) is 0 Å². The van der Waals surface area contributed by atoms with Gasteiger partial charge in [0.15, 0.2) is 18.9 Å². The van der Waals surface area contributed by atoms with E-state index in [-0.39, 0.29) is 18.9 Å². The summed E-state index contributed by atoms with van der Waals surface area (Å²) in [5.74, 6) is -0.275. The maximum absolute atomic E-state index is 13.4. The van der Waals surface area contributed by atoms with Gasteiger partial charge in [0.05, 0.1) is 38.6 Å². The Morgan fingerprint density at radius 2 is 0.704 bits per heavy atom. The van der Waals surface area contributed by atoms with Crippen LogP contribution in [0.4, 0.5) is 0 Å². The average Bonchev–Trinajstić information content (AvgIpc) is 0.784. The van der Waals surface area contributed by atoms with Crippen molar-refractivity contribution >= 4 is 5.91 Å². The number of unbranched alkanes of at least 4 members (excludes halogenated alkanes) is 32. The molecule has 3 rings (SSSR count). The third kappa shape index (κ3) is 39.6. The van der Waals surface area contributed by atoms with E-state index >= 15 is 0 Å². The van der Waals surface area contributed by atoms with E-state index in [1.807, 2.05) is 6.08 Å². The van der Waals surface area contributed by atoms with Crippen LogP contribution < -0.4 is 5.32 Å². The second-order valence-electron chi connectivity index (χ2n) is 27.4. The zero-order chi connectivity index (χ0) is 71.1. The van der Waals surface area contributed by atoms with Crippen LogP contribution >= 0.6 is 0 Å². The van der Waals surface area contributed by atoms with E-state index in [0.29, 0.717) is 6.42 Å². The lowest BCUT2D eigenvalue weighted by Crippen LogP contribution is -2.66. The zero-order valence-electron chi connectivity index (χ0n) is 60.5. The third-order valence-corrected chi connectivity index (χ3v) is 18.9. The van der Waals surface area contributed by atoms with E-state index in [1.54, 1.807) is 6.08 Å². The average molecular weight is 1390 g/mol. The largest absolute Gasteiger partial charge is 0.394 e. The Labute approximate surface area is 590 Å². The number of aliphatic hydroxyl groups excluding tert-OH is 11. The molecule has 0 aromatic carbocycles. The fourth-order valence-corrected chi connectivity index (χ4v) is 12.7. The van der Waals surface area contributed by atoms with Crippen LogP contribution in [0.15, 0.2) is 85.1 Å². The Kier molecular flexibility index (Phi) is 54.0. The summed E-state index contributed by atoms with van der Waals surface area (Å²) in [6.07, 6.45) is 51.4. The van der Waals surface area contributed by atoms with Crippen molar-refractivity contribution in [2.45, 2.75) is 381 Å². The van der Waals surface area contributed by atoms with E-state index in [9.17, 15) is 61.0 Å². The van der Waals surface area contributed by atoms with Crippen LogP contribution in [-0.4, -0.2) is 193 Å². The maximum Gasteiger partial charge on any atom is 0.220 e. The van der Waals surface area contributed by atoms with Gasteiger partial charge in [0.1, 0.15) is 73.2 Å². The minimum absolute atomic E-state index is 0.242. The van der Waals surface area contributed by atoms with Gasteiger partial charge in [0.2, 0.25) is 5.91 Å². The second-order valence-corrected chi connectivity index (χ2v) is 27.4. The molecule has 19 nitrogen and oxygen atoms in total. The number of carbonyl (C=O) groups is 1. The van der Waals surface area contributed by atoms with Gasteiger partial charge in [-0.15, -0.1) is 0 Å². The summed E-state index contributed by atoms with van der Waals surface area (Å²) < 4.78 is 34.4. The topological polar surface area (TPSA) is 307 Å². The van der Waals surface area contributed by atoms with Crippen molar-refractivity contribution in [1.82, 2.24) is 5.32 Å². The highest BCUT2D eigenvalue weighted by Crippen LogP contribution is 2.33. The number of hydrogen-bond donors (Lipinski definition) is 12. The Bertz CT molecular complexity index is 2100. The molecule has 1 amide bonds. The number of aliphatic hydroxyl groups is 11. The molecule has 12 N–H and O–H groups in total. The Morgan fingerprint density at radius 3 is 1.10 bits per heavy atom. The summed E-state index contributed by atoms with van der Waals surface area (Å²) in [7, 11) is 0. The van der Waals surface area contributed by atoms with Crippen LogP contribution in [0.25, 0.3) is 0 Å². The Balaban J connectivity index is 1.33. The number of carbonyl (C=O) groups excluding carboxylic acids is 1. The first-order valence-corrected chi connectivity index (χ1v) is 38.8. The molecule has 0 aromatic rings. The Hall–Kier alpha value is -3.03. The van der Waals surface area contributed by atoms with Crippen LogP contribution in [0.1, 0.15) is 277 Å². The number of amides is 1. The minimum Gasteiger partial charge on any atom is -0.394 e. The van der Waals surface area contributed by atoms with Crippen LogP contribution in [0.5, 0.6) is 0 Å². The highest BCUT2D eigenvalue weighted by atomic mass is 16.8. The maximum atomic E-state index is 13.4. The first-order chi connectivity index (χ1) is 47.8. The van der Waals surface area contributed by atoms with Crippen molar-refractivity contribution in [3.05, 3.63) is 85.1 Å². The summed E-state index contributed by atoms with van der Waals surface area (Å²) in [6.45, 7) is 1.63. The number of ether oxygens (including phenoxy) is 6. The van der Waals surface area contributed by atoms with Gasteiger partial charge >= 0.3 is 0 Å². The van der Waals surface area contributed by atoms with Crippen LogP contribution in [-0.2, 0) is 33.2 Å². The molecule has 17 unspecified atom stereocenters. The van der Waals surface area contributed by atoms with Crippen molar-refractivity contribution < 1.29 is 89.4 Å². The number of allylic oxidation sites excluding steroid dienone is 13. The van der Waals surface area contributed by atoms with Crippen molar-refractivity contribution in [1.29, 1.82) is 0 Å². The van der Waals surface area contributed by atoms with E-state index in [0.717, 1.165) is 83.5 Å². The predicted molar refractivity (Wildman–Crippen MR) is 388 cm³/mol. The molecule has 17 atom stereocenters. The van der Waals surface area contributed by atoms with Gasteiger partial charge in [-0.2, -0.15) is 0 Å². The lowest BCUT2D eigenvalue weighted by Gasteiger charge is -2.48. The molecule has 0 bridgehead atoms. The molecular formula is C79H139NO18. The monoisotopic (exact) mass is 1390 g/mol. The molecule has 0 radical (unpaired) electrons. The zero-order valence-corrected chi connectivity index (χ0v) is 60.5. The smallest absolute Gasteiger partial charge is 0.220 e. The fourth-order valence-electron chi connectivity index (χ4n) is 12.7. The third-order valence-electron chi connectivity index (χ3n) is 18.9. The van der Waals surface area contributed by atoms with E-state index < -0.39 is 124 Å². The molecule has 3 aliphatic rings. The molecule has 19 heteroatoms. The Morgan fingerprint density at radius 1 is 0.378 bits per heavy atom. The molecule has 0 aliphatic carbocycles. The second kappa shape index (κ2) is 59.4. The van der Waals surface area contributed by atoms with Gasteiger partial charge in [-0.1, -0.05) is 285 Å². The number of rotatable bonds is 60. The quantitative estimate of drug-likeness (QED) is 0.0199. The van der Waals surface area contributed by atoms with Gasteiger partial charge in [0, 0.05) is 6.42 Å². The molecule has 3 fully saturated rings. The van der Waals surface area contributed by atoms with Gasteiger partial charge in [-0.05, 0) is 70.6 Å². The van der Waals surface area contributed by atoms with Gasteiger partial charge in [-0.25, -0.2) is 0 Å². The first-order valence-electron chi connectivity index (χ1n) is 38.8. The van der Waals surface area contributed by atoms with Crippen LogP contribution in [0.2, 0.25) is 0 Å². The summed E-state index contributed by atoms with van der Waals surface area (Å²) in [5, 5.41) is 121. The SMILES string of the molecule is CC/C=C\C/C=C\C/C=C\C/C=C\C/C=C\C/C=C\CCCCCCCCCCCCCCCCCCCCC(=O)NC(COC1OC(CO)C(OC2OC(CO)C(OC3OC(CO)C(O)C(O)C3O)C(O)C2O)C(O)C1O)C(O)/C=C/CCCCCCCCCCCCCCCC. The first kappa shape index (κ1) is 89.2. The van der Waals surface area contributed by atoms with E-state index in [2.05, 4.69) is 92.1 Å². The van der Waals surface area contributed by atoms with Crippen molar-refractivity contribution in [3.63, 3.8) is 0 Å². The van der Waals surface area contributed by atoms with E-state index in [4.69, 9.17) is 28.4 Å². The summed E-state index contributed by atoms with van der Waals surface area (Å²) in [5.41, 5.74) is 0. The van der Waals surface area contributed by atoms with Gasteiger partial charge in [-0.3, -0.25) is 4.79 Å². The van der Waals surface area contributed by atoms with Gasteiger partial charge < -0.3 is 89.9 Å². The normalized spacial score (nSPS) is 27.2. The lowest BCUT2D eigenvalue weighted by atomic mass is 9.96. The molecule has 98 heavy (non-hydrogen) atoms. The molecule has 0 saturated carbocycles. The summed E-state index contributed by atoms with van der Waals surface area (Å²) in [4.78, 5) is 13.4. The van der Waals surface area contributed by atoms with E-state index in [1.165, 1.54) is 167 Å². The van der Waals surface area contributed by atoms with Crippen molar-refractivity contribution in [2.24, 2.45) is 0 Å². The number of nitrogens with one attached hydrogen (secondary N) is 1. The fraction of sp³-hybridized carbons (Fsp3) is 0.810. The summed E-state index contributed by atoms with van der Waals surface area (Å²) in [6, 6.07) is -0.976. The molecule has 0 aromatic heterocycles. The molecule has 3 saturated heterocycles. The lowest BCUT2D eigenvalue weighted by molar-refractivity contribution is -0.379. The highest BCUT2D eigenvalue weighted by Gasteiger charge is 2.53. The molecule has 568 valence electrons.